The fourth-order valence-electron chi connectivity index (χ4n) is 3.92. The predicted molar refractivity (Wildman–Crippen MR) is 87.8 cm³/mol. The predicted octanol–water partition coefficient (Wildman–Crippen LogP) is 1.50. The van der Waals surface area contributed by atoms with Crippen molar-refractivity contribution in [2.24, 2.45) is 11.3 Å². The van der Waals surface area contributed by atoms with E-state index in [1.54, 1.807) is 0 Å². The van der Waals surface area contributed by atoms with Crippen molar-refractivity contribution in [3.05, 3.63) is 29.3 Å². The number of fused-ring (bicyclic) bond motifs is 1. The molecule has 2 atom stereocenters. The molecule has 0 saturated carbocycles. The second kappa shape index (κ2) is 7.09. The van der Waals surface area contributed by atoms with Crippen LogP contribution in [0.1, 0.15) is 24.5 Å². The Morgan fingerprint density at radius 3 is 3.00 bits per heavy atom. The molecule has 2 heterocycles. The largest absolute Gasteiger partial charge is 0.494 e. The number of carboxylic acids is 1. The highest BCUT2D eigenvalue weighted by Gasteiger charge is 2.53. The third-order valence-corrected chi connectivity index (χ3v) is 5.16. The van der Waals surface area contributed by atoms with Gasteiger partial charge in [-0.25, -0.2) is 0 Å². The SMILES string of the molecule is CCOc1ccc(CN2C[C@@H]3CCOC[C@]3(C(=O)O)C2)cc1CO. The lowest BCUT2D eigenvalue weighted by molar-refractivity contribution is -0.159. The number of aliphatic hydroxyl groups is 1. The van der Waals surface area contributed by atoms with Crippen molar-refractivity contribution in [3.8, 4) is 5.75 Å². The van der Waals surface area contributed by atoms with E-state index in [0.29, 0.717) is 38.7 Å². The highest BCUT2D eigenvalue weighted by molar-refractivity contribution is 5.76. The number of aliphatic hydroxyl groups excluding tert-OH is 1. The van der Waals surface area contributed by atoms with Crippen LogP contribution in [-0.2, 0) is 22.7 Å². The van der Waals surface area contributed by atoms with Crippen molar-refractivity contribution < 1.29 is 24.5 Å². The number of likely N-dealkylation sites (tertiary alicyclic amines) is 1. The normalized spacial score (nSPS) is 27.0. The number of ether oxygens (including phenoxy) is 2. The Bertz CT molecular complexity index is 605. The van der Waals surface area contributed by atoms with Gasteiger partial charge >= 0.3 is 5.97 Å². The van der Waals surface area contributed by atoms with Crippen LogP contribution >= 0.6 is 0 Å². The van der Waals surface area contributed by atoms with Crippen LogP contribution in [0.15, 0.2) is 18.2 Å². The van der Waals surface area contributed by atoms with Crippen LogP contribution in [0.4, 0.5) is 0 Å². The molecule has 6 nitrogen and oxygen atoms in total. The monoisotopic (exact) mass is 335 g/mol. The molecule has 0 spiro atoms. The first-order valence-corrected chi connectivity index (χ1v) is 8.48. The molecule has 2 aliphatic rings. The van der Waals surface area contributed by atoms with Crippen LogP contribution < -0.4 is 4.74 Å². The van der Waals surface area contributed by atoms with Gasteiger partial charge in [-0.3, -0.25) is 9.69 Å². The van der Waals surface area contributed by atoms with Gasteiger partial charge in [-0.1, -0.05) is 6.07 Å². The molecule has 24 heavy (non-hydrogen) atoms. The van der Waals surface area contributed by atoms with Crippen molar-refractivity contribution in [2.75, 3.05) is 32.9 Å². The van der Waals surface area contributed by atoms with Gasteiger partial charge in [0.25, 0.3) is 0 Å². The van der Waals surface area contributed by atoms with Crippen LogP contribution in [0.2, 0.25) is 0 Å². The van der Waals surface area contributed by atoms with Crippen molar-refractivity contribution in [1.82, 2.24) is 4.90 Å². The fraction of sp³-hybridized carbons (Fsp3) is 0.611. The Kier molecular flexibility index (Phi) is 5.08. The standard InChI is InChI=1S/C18H25NO5/c1-2-24-16-4-3-13(7-14(16)10-20)8-19-9-15-5-6-23-12-18(15,11-19)17(21)22/h3-4,7,15,20H,2,5-6,8-12H2,1H3,(H,21,22)/t15-,18+/m0/s1. The molecule has 2 saturated heterocycles. The lowest BCUT2D eigenvalue weighted by Crippen LogP contribution is -2.46. The minimum absolute atomic E-state index is 0.0707. The molecule has 2 fully saturated rings. The van der Waals surface area contributed by atoms with Gasteiger partial charge in [0.15, 0.2) is 0 Å². The summed E-state index contributed by atoms with van der Waals surface area (Å²) >= 11 is 0. The summed E-state index contributed by atoms with van der Waals surface area (Å²) in [4.78, 5) is 14.0. The number of carbonyl (C=O) groups is 1. The maximum atomic E-state index is 11.8. The van der Waals surface area contributed by atoms with E-state index < -0.39 is 11.4 Å². The summed E-state index contributed by atoms with van der Waals surface area (Å²) in [5.41, 5.74) is 1.05. The lowest BCUT2D eigenvalue weighted by Gasteiger charge is -2.34. The topological polar surface area (TPSA) is 79.2 Å². The number of carboxylic acid groups (broad SMARTS) is 1. The Morgan fingerprint density at radius 1 is 1.50 bits per heavy atom. The molecule has 0 aromatic heterocycles. The average Bonchev–Trinajstić information content (AvgIpc) is 2.95. The molecule has 1 aromatic rings. The molecule has 3 rings (SSSR count). The van der Waals surface area contributed by atoms with Gasteiger partial charge in [-0.05, 0) is 37.0 Å². The zero-order chi connectivity index (χ0) is 17.2. The molecule has 0 amide bonds. The first-order chi connectivity index (χ1) is 11.6. The molecular weight excluding hydrogens is 310 g/mol. The van der Waals surface area contributed by atoms with Gasteiger partial charge in [-0.15, -0.1) is 0 Å². The number of hydrogen-bond donors (Lipinski definition) is 2. The molecule has 132 valence electrons. The quantitative estimate of drug-likeness (QED) is 0.820. The fourth-order valence-corrected chi connectivity index (χ4v) is 3.92. The van der Waals surface area contributed by atoms with Gasteiger partial charge in [0.1, 0.15) is 11.2 Å². The molecule has 6 heteroatoms. The van der Waals surface area contributed by atoms with Crippen LogP contribution in [-0.4, -0.2) is 54.0 Å². The molecule has 2 N–H and O–H groups in total. The molecule has 0 radical (unpaired) electrons. The number of nitrogens with zero attached hydrogens (tertiary/aromatic N) is 1. The van der Waals surface area contributed by atoms with Gasteiger partial charge in [0.2, 0.25) is 0 Å². The molecule has 2 aliphatic heterocycles. The zero-order valence-electron chi connectivity index (χ0n) is 14.0. The smallest absolute Gasteiger partial charge is 0.313 e. The first-order valence-electron chi connectivity index (χ1n) is 8.48. The van der Waals surface area contributed by atoms with Crippen molar-refractivity contribution in [2.45, 2.75) is 26.5 Å². The Balaban J connectivity index is 1.74. The average molecular weight is 335 g/mol. The van der Waals surface area contributed by atoms with Gasteiger partial charge in [0.05, 0.1) is 19.8 Å². The second-order valence-electron chi connectivity index (χ2n) is 6.70. The minimum Gasteiger partial charge on any atom is -0.494 e. The van der Waals surface area contributed by atoms with Gasteiger partial charge < -0.3 is 19.7 Å². The van der Waals surface area contributed by atoms with Gasteiger partial charge in [0, 0.05) is 31.8 Å². The third-order valence-electron chi connectivity index (χ3n) is 5.16. The number of aliphatic carboxylic acids is 1. The van der Waals surface area contributed by atoms with Crippen LogP contribution in [0.3, 0.4) is 0 Å². The highest BCUT2D eigenvalue weighted by atomic mass is 16.5. The van der Waals surface area contributed by atoms with Gasteiger partial charge in [-0.2, -0.15) is 0 Å². The lowest BCUT2D eigenvalue weighted by atomic mass is 9.76. The molecule has 0 aliphatic carbocycles. The van der Waals surface area contributed by atoms with Crippen molar-refractivity contribution >= 4 is 5.97 Å². The number of rotatable bonds is 6. The van der Waals surface area contributed by atoms with E-state index in [9.17, 15) is 15.0 Å². The maximum Gasteiger partial charge on any atom is 0.313 e. The Labute approximate surface area is 142 Å². The molecular formula is C18H25NO5. The van der Waals surface area contributed by atoms with E-state index in [4.69, 9.17) is 9.47 Å². The highest BCUT2D eigenvalue weighted by Crippen LogP contribution is 2.42. The molecule has 0 bridgehead atoms. The van der Waals surface area contributed by atoms with E-state index in [0.717, 1.165) is 24.1 Å². The summed E-state index contributed by atoms with van der Waals surface area (Å²) in [6.07, 6.45) is 0.800. The third kappa shape index (κ3) is 3.14. The Morgan fingerprint density at radius 2 is 2.33 bits per heavy atom. The summed E-state index contributed by atoms with van der Waals surface area (Å²) in [6, 6.07) is 5.80. The zero-order valence-corrected chi connectivity index (χ0v) is 14.0. The number of benzene rings is 1. The first kappa shape index (κ1) is 17.2. The summed E-state index contributed by atoms with van der Waals surface area (Å²) in [7, 11) is 0. The van der Waals surface area contributed by atoms with Crippen molar-refractivity contribution in [1.29, 1.82) is 0 Å². The second-order valence-corrected chi connectivity index (χ2v) is 6.70. The van der Waals surface area contributed by atoms with E-state index in [-0.39, 0.29) is 12.5 Å². The maximum absolute atomic E-state index is 11.8. The Hall–Kier alpha value is -1.63. The van der Waals surface area contributed by atoms with Crippen LogP contribution in [0.25, 0.3) is 0 Å². The molecule has 1 aromatic carbocycles. The minimum atomic E-state index is -0.774. The van der Waals surface area contributed by atoms with E-state index >= 15 is 0 Å². The summed E-state index contributed by atoms with van der Waals surface area (Å²) < 4.78 is 11.0. The summed E-state index contributed by atoms with van der Waals surface area (Å²) in [5, 5.41) is 19.2. The van der Waals surface area contributed by atoms with Crippen LogP contribution in [0, 0.1) is 11.3 Å². The van der Waals surface area contributed by atoms with Crippen LogP contribution in [0.5, 0.6) is 5.75 Å². The van der Waals surface area contributed by atoms with E-state index in [2.05, 4.69) is 4.90 Å². The van der Waals surface area contributed by atoms with Crippen molar-refractivity contribution in [3.63, 3.8) is 0 Å². The molecule has 0 unspecified atom stereocenters. The van der Waals surface area contributed by atoms with E-state index in [1.165, 1.54) is 0 Å². The summed E-state index contributed by atoms with van der Waals surface area (Å²) in [6.45, 7) is 5.30. The van der Waals surface area contributed by atoms with E-state index in [1.807, 2.05) is 25.1 Å². The summed E-state index contributed by atoms with van der Waals surface area (Å²) in [5.74, 6) is 0.0930. The number of hydrogen-bond acceptors (Lipinski definition) is 5.